The molecule has 2 saturated heterocycles. The Labute approximate surface area is 379 Å². The molecule has 1 saturated carbocycles. The van der Waals surface area contributed by atoms with Gasteiger partial charge in [0.1, 0.15) is 23.7 Å². The first-order valence-corrected chi connectivity index (χ1v) is 23.3. The van der Waals surface area contributed by atoms with E-state index in [0.717, 1.165) is 83.7 Å². The molecule has 4 amide bonds. The highest BCUT2D eigenvalue weighted by atomic mass is 16.5. The van der Waals surface area contributed by atoms with Crippen LogP contribution in [0.5, 0.6) is 0 Å². The van der Waals surface area contributed by atoms with Crippen molar-refractivity contribution in [2.75, 3.05) is 27.3 Å². The number of hydrogen-bond acceptors (Lipinski definition) is 9. The van der Waals surface area contributed by atoms with Crippen molar-refractivity contribution in [3.8, 4) is 33.6 Å². The molecule has 2 aromatic carbocycles. The van der Waals surface area contributed by atoms with Crippen LogP contribution in [0, 0.1) is 17.3 Å². The zero-order chi connectivity index (χ0) is 45.6. The lowest BCUT2D eigenvalue weighted by atomic mass is 9.82. The minimum Gasteiger partial charge on any atom is -0.453 e. The molecular formula is C50H61N9O6. The number of amides is 4. The second-order valence-corrected chi connectivity index (χ2v) is 19.2. The average Bonchev–Trinajstić information content (AvgIpc) is 4.17. The van der Waals surface area contributed by atoms with E-state index in [-0.39, 0.29) is 41.1 Å². The Balaban J connectivity index is 0.964. The molecule has 3 fully saturated rings. The Hall–Kier alpha value is -6.25. The van der Waals surface area contributed by atoms with E-state index < -0.39 is 24.3 Å². The van der Waals surface area contributed by atoms with E-state index in [4.69, 9.17) is 24.4 Å². The monoisotopic (exact) mass is 883 g/mol. The molecule has 4 aliphatic rings. The van der Waals surface area contributed by atoms with Gasteiger partial charge in [0.25, 0.3) is 0 Å². The number of methoxy groups -OCH3 is 2. The summed E-state index contributed by atoms with van der Waals surface area (Å²) in [7, 11) is 2.60. The summed E-state index contributed by atoms with van der Waals surface area (Å²) in [4.78, 5) is 77.3. The van der Waals surface area contributed by atoms with Crippen molar-refractivity contribution in [3.63, 3.8) is 0 Å². The molecule has 4 atom stereocenters. The summed E-state index contributed by atoms with van der Waals surface area (Å²) in [6, 6.07) is 13.3. The van der Waals surface area contributed by atoms with Crippen LogP contribution in [0.2, 0.25) is 0 Å². The van der Waals surface area contributed by atoms with Gasteiger partial charge in [0.05, 0.1) is 54.9 Å². The van der Waals surface area contributed by atoms with Crippen molar-refractivity contribution in [3.05, 3.63) is 77.6 Å². The highest BCUT2D eigenvalue weighted by molar-refractivity contribution is 5.88. The fourth-order valence-electron chi connectivity index (χ4n) is 11.0. The number of benzene rings is 2. The van der Waals surface area contributed by atoms with Crippen LogP contribution < -0.4 is 10.6 Å². The van der Waals surface area contributed by atoms with Crippen LogP contribution in [0.3, 0.4) is 0 Å². The molecule has 2 aliphatic heterocycles. The number of pyridine rings is 1. The Bertz CT molecular complexity index is 2590. The van der Waals surface area contributed by atoms with Crippen molar-refractivity contribution < 1.29 is 28.7 Å². The van der Waals surface area contributed by atoms with Gasteiger partial charge in [-0.2, -0.15) is 0 Å². The fourth-order valence-corrected chi connectivity index (χ4v) is 11.0. The number of fused-ring (bicyclic) bond motifs is 2. The van der Waals surface area contributed by atoms with Crippen LogP contribution in [-0.4, -0.2) is 98.1 Å². The quantitative estimate of drug-likeness (QED) is 0.101. The van der Waals surface area contributed by atoms with Gasteiger partial charge in [0.2, 0.25) is 11.8 Å². The molecule has 5 aromatic rings. The molecule has 1 spiro atoms. The number of carbonyl (C=O) groups is 4. The highest BCUT2D eigenvalue weighted by Crippen LogP contribution is 2.53. The van der Waals surface area contributed by atoms with Crippen molar-refractivity contribution in [2.24, 2.45) is 17.3 Å². The first kappa shape index (κ1) is 44.0. The van der Waals surface area contributed by atoms with Gasteiger partial charge in [-0.1, -0.05) is 58.7 Å². The average molecular weight is 884 g/mol. The third-order valence-electron chi connectivity index (χ3n) is 14.4. The summed E-state index contributed by atoms with van der Waals surface area (Å²) >= 11 is 0. The Morgan fingerprint density at radius 3 is 1.86 bits per heavy atom. The number of nitrogens with one attached hydrogen (secondary N) is 4. The van der Waals surface area contributed by atoms with E-state index in [9.17, 15) is 19.2 Å². The van der Waals surface area contributed by atoms with Crippen LogP contribution in [0.4, 0.5) is 9.59 Å². The third kappa shape index (κ3) is 8.45. The number of rotatable bonds is 11. The lowest BCUT2D eigenvalue weighted by Gasteiger charge is -2.30. The molecule has 342 valence electrons. The van der Waals surface area contributed by atoms with Crippen LogP contribution >= 0.6 is 0 Å². The van der Waals surface area contributed by atoms with Gasteiger partial charge >= 0.3 is 12.2 Å². The summed E-state index contributed by atoms with van der Waals surface area (Å²) in [5.41, 5.74) is 11.0. The molecule has 0 unspecified atom stereocenters. The number of ether oxygens (including phenoxy) is 2. The predicted molar refractivity (Wildman–Crippen MR) is 246 cm³/mol. The molecule has 0 radical (unpaired) electrons. The number of nitrogens with zero attached hydrogens (tertiary/aromatic N) is 5. The Morgan fingerprint density at radius 2 is 1.28 bits per heavy atom. The van der Waals surface area contributed by atoms with Crippen molar-refractivity contribution in [2.45, 2.75) is 116 Å². The number of imidazole rings is 2. The SMILES string of the molecule is COC(=O)N[C@H](C(=O)N1CCC[C@H]1c1ncc(-c2ccc(-c3ccc(-c4ccc5nc([C@@H]6CCCN6C(=O)[C@@H](NC(=O)OC)C(C)C)[nH]c5c4)c4c3CC3(CCCC3)C4)nc2)[nH]1)C(C)C. The van der Waals surface area contributed by atoms with Crippen molar-refractivity contribution >= 4 is 35.0 Å². The topological polar surface area (TPSA) is 188 Å². The van der Waals surface area contributed by atoms with Crippen LogP contribution in [-0.2, 0) is 31.9 Å². The third-order valence-corrected chi connectivity index (χ3v) is 14.4. The van der Waals surface area contributed by atoms with Gasteiger partial charge in [-0.05, 0) is 115 Å². The van der Waals surface area contributed by atoms with Gasteiger partial charge in [0.15, 0.2) is 0 Å². The molecule has 0 bridgehead atoms. The minimum absolute atomic E-state index is 0.109. The number of alkyl carbamates (subject to hydrolysis) is 2. The summed E-state index contributed by atoms with van der Waals surface area (Å²) in [5, 5.41) is 5.46. The predicted octanol–water partition coefficient (Wildman–Crippen LogP) is 8.43. The second kappa shape index (κ2) is 18.0. The summed E-state index contributed by atoms with van der Waals surface area (Å²) in [5.74, 6) is 0.991. The molecular weight excluding hydrogens is 823 g/mol. The molecule has 65 heavy (non-hydrogen) atoms. The summed E-state index contributed by atoms with van der Waals surface area (Å²) in [6.07, 6.45) is 12.8. The van der Waals surface area contributed by atoms with Crippen LogP contribution in [0.1, 0.15) is 114 Å². The second-order valence-electron chi connectivity index (χ2n) is 19.2. The molecule has 5 heterocycles. The summed E-state index contributed by atoms with van der Waals surface area (Å²) in [6.45, 7) is 8.85. The van der Waals surface area contributed by atoms with Crippen LogP contribution in [0.25, 0.3) is 44.7 Å². The Morgan fingerprint density at radius 1 is 0.692 bits per heavy atom. The zero-order valence-electron chi connectivity index (χ0n) is 38.3. The van der Waals surface area contributed by atoms with Gasteiger partial charge < -0.3 is 39.9 Å². The van der Waals surface area contributed by atoms with Gasteiger partial charge in [-0.3, -0.25) is 14.6 Å². The van der Waals surface area contributed by atoms with E-state index in [0.29, 0.717) is 13.1 Å². The molecule has 3 aromatic heterocycles. The van der Waals surface area contributed by atoms with E-state index in [1.807, 2.05) is 49.9 Å². The molecule has 2 aliphatic carbocycles. The highest BCUT2D eigenvalue weighted by Gasteiger charge is 2.43. The number of aromatic nitrogens is 5. The van der Waals surface area contributed by atoms with E-state index >= 15 is 0 Å². The standard InChI is InChI=1S/C50H61N9O6/c1-28(2)42(56-48(62)64-5)46(60)58-21-9-11-40(58)44-52-27-39(55-44)31-14-17-36(51-26-31)33-16-15-32(34-24-50(25-35(33)34)19-7-8-20-50)30-13-18-37-38(23-30)54-45(53-37)41-12-10-22-59(41)47(61)43(29(3)4)57-49(63)65-6/h13-18,23,26-29,40-43H,7-12,19-22,24-25H2,1-6H3,(H,52,55)(H,53,54)(H,56,62)(H,57,63)/t40-,41-,42-,43-/m0/s1. The summed E-state index contributed by atoms with van der Waals surface area (Å²) < 4.78 is 9.62. The number of aromatic amines is 2. The minimum atomic E-state index is -0.696. The number of carbonyl (C=O) groups excluding carboxylic acids is 4. The molecule has 4 N–H and O–H groups in total. The number of H-pyrrole nitrogens is 2. The normalized spacial score (nSPS) is 19.9. The lowest BCUT2D eigenvalue weighted by molar-refractivity contribution is -0.136. The molecule has 15 nitrogen and oxygen atoms in total. The van der Waals surface area contributed by atoms with Gasteiger partial charge in [-0.15, -0.1) is 0 Å². The lowest BCUT2D eigenvalue weighted by Crippen LogP contribution is -2.51. The van der Waals surface area contributed by atoms with Crippen LogP contribution in [0.15, 0.2) is 54.9 Å². The number of likely N-dealkylation sites (tertiary alicyclic amines) is 2. The fraction of sp³-hybridized carbons (Fsp3) is 0.500. The zero-order valence-corrected chi connectivity index (χ0v) is 38.3. The maximum absolute atomic E-state index is 13.8. The number of hydrogen-bond donors (Lipinski definition) is 4. The van der Waals surface area contributed by atoms with Crippen molar-refractivity contribution in [1.29, 1.82) is 0 Å². The van der Waals surface area contributed by atoms with E-state index in [2.05, 4.69) is 63.1 Å². The van der Waals surface area contributed by atoms with Crippen molar-refractivity contribution in [1.82, 2.24) is 45.4 Å². The van der Waals surface area contributed by atoms with Gasteiger partial charge in [0, 0.05) is 30.4 Å². The maximum Gasteiger partial charge on any atom is 0.407 e. The van der Waals surface area contributed by atoms with E-state index in [1.54, 1.807) is 0 Å². The smallest absolute Gasteiger partial charge is 0.407 e. The Kier molecular flexibility index (Phi) is 12.2. The molecule has 9 rings (SSSR count). The van der Waals surface area contributed by atoms with Gasteiger partial charge in [-0.25, -0.2) is 19.6 Å². The first-order valence-electron chi connectivity index (χ1n) is 23.3. The maximum atomic E-state index is 13.8. The largest absolute Gasteiger partial charge is 0.453 e. The van der Waals surface area contributed by atoms with E-state index in [1.165, 1.54) is 62.2 Å². The first-order chi connectivity index (χ1) is 31.4. The molecule has 15 heteroatoms.